The molecule has 1 aromatic carbocycles. The van der Waals surface area contributed by atoms with E-state index in [-0.39, 0.29) is 11.1 Å². The van der Waals surface area contributed by atoms with Gasteiger partial charge in [0.2, 0.25) is 0 Å². The second kappa shape index (κ2) is 9.47. The molecule has 0 unspecified atom stereocenters. The first-order valence-corrected chi connectivity index (χ1v) is 10.6. The van der Waals surface area contributed by atoms with Crippen LogP contribution in [0.25, 0.3) is 5.70 Å². The minimum absolute atomic E-state index is 0.136. The Morgan fingerprint density at radius 2 is 2.10 bits per heavy atom. The van der Waals surface area contributed by atoms with Crippen molar-refractivity contribution in [3.63, 3.8) is 0 Å². The molecule has 0 amide bonds. The highest BCUT2D eigenvalue weighted by molar-refractivity contribution is 6.32. The third-order valence-corrected chi connectivity index (χ3v) is 6.41. The molecule has 0 saturated carbocycles. The van der Waals surface area contributed by atoms with Gasteiger partial charge >= 0.3 is 0 Å². The van der Waals surface area contributed by atoms with Crippen LogP contribution in [0, 0.1) is 23.2 Å². The van der Waals surface area contributed by atoms with Crippen molar-refractivity contribution in [3.05, 3.63) is 52.3 Å². The minimum atomic E-state index is -0.402. The molecule has 1 N–H and O–H groups in total. The SMILES string of the molecule is N=N/C(=C1\C/C=C/[C@@H]2CN(CC3CCOCC3)C[C@H]2OC1)c1ccc(F)cc1Cl. The number of ether oxygens (including phenoxy) is 2. The van der Waals surface area contributed by atoms with E-state index in [1.54, 1.807) is 6.07 Å². The Morgan fingerprint density at radius 1 is 1.28 bits per heavy atom. The summed E-state index contributed by atoms with van der Waals surface area (Å²) in [4.78, 5) is 2.51. The van der Waals surface area contributed by atoms with E-state index < -0.39 is 5.82 Å². The van der Waals surface area contributed by atoms with Crippen LogP contribution in [0.1, 0.15) is 24.8 Å². The van der Waals surface area contributed by atoms with Crippen molar-refractivity contribution in [3.8, 4) is 0 Å². The van der Waals surface area contributed by atoms with Crippen LogP contribution in [-0.2, 0) is 9.47 Å². The molecule has 0 bridgehead atoms. The molecule has 5 nitrogen and oxygen atoms in total. The standard InChI is InChI=1S/C22H27ClFN3O2/c23-20-10-18(24)4-5-19(20)22(26-25)17-3-1-2-16-12-27(13-21(16)29-14-17)11-15-6-8-28-9-7-15/h1-2,4-5,10,15-16,21,25H,3,6-9,11-14H2/b2-1+,22-17+,26-25?/t16-,21-/m1/s1. The first kappa shape index (κ1) is 20.7. The number of allylic oxidation sites excluding steroid dienone is 1. The maximum Gasteiger partial charge on any atom is 0.124 e. The van der Waals surface area contributed by atoms with Gasteiger partial charge in [0.25, 0.3) is 0 Å². The zero-order valence-corrected chi connectivity index (χ0v) is 17.2. The average Bonchev–Trinajstić information content (AvgIpc) is 3.07. The van der Waals surface area contributed by atoms with Gasteiger partial charge in [-0.15, -0.1) is 0 Å². The van der Waals surface area contributed by atoms with Crippen molar-refractivity contribution in [2.24, 2.45) is 17.0 Å². The van der Waals surface area contributed by atoms with Crippen molar-refractivity contribution in [2.75, 3.05) is 39.5 Å². The maximum absolute atomic E-state index is 13.4. The summed E-state index contributed by atoms with van der Waals surface area (Å²) in [5.41, 5.74) is 9.58. The van der Waals surface area contributed by atoms with E-state index in [1.807, 2.05) is 0 Å². The van der Waals surface area contributed by atoms with E-state index in [9.17, 15) is 4.39 Å². The number of hydrogen-bond donors (Lipinski definition) is 1. The number of halogens is 2. The zero-order chi connectivity index (χ0) is 20.2. The lowest BCUT2D eigenvalue weighted by molar-refractivity contribution is 0.0445. The van der Waals surface area contributed by atoms with Gasteiger partial charge < -0.3 is 9.47 Å². The van der Waals surface area contributed by atoms with Crippen molar-refractivity contribution in [1.82, 2.24) is 4.90 Å². The fraction of sp³-hybridized carbons (Fsp3) is 0.545. The number of fused-ring (bicyclic) bond motifs is 1. The largest absolute Gasteiger partial charge is 0.381 e. The van der Waals surface area contributed by atoms with E-state index >= 15 is 0 Å². The zero-order valence-electron chi connectivity index (χ0n) is 16.4. The summed E-state index contributed by atoms with van der Waals surface area (Å²) >= 11 is 6.20. The van der Waals surface area contributed by atoms with Gasteiger partial charge in [-0.25, -0.2) is 9.92 Å². The summed E-state index contributed by atoms with van der Waals surface area (Å²) in [5, 5.41) is 3.97. The predicted octanol–water partition coefficient (Wildman–Crippen LogP) is 4.92. The summed E-state index contributed by atoms with van der Waals surface area (Å²) in [7, 11) is 0. The Morgan fingerprint density at radius 3 is 2.86 bits per heavy atom. The molecule has 0 aliphatic carbocycles. The number of hydrogen-bond acceptors (Lipinski definition) is 5. The first-order chi connectivity index (χ1) is 14.1. The van der Waals surface area contributed by atoms with Crippen LogP contribution in [0.2, 0.25) is 5.02 Å². The quantitative estimate of drug-likeness (QED) is 0.556. The number of likely N-dealkylation sites (tertiary alicyclic amines) is 1. The Labute approximate surface area is 176 Å². The Bertz CT molecular complexity index is 807. The molecule has 2 saturated heterocycles. The van der Waals surface area contributed by atoms with Crippen LogP contribution < -0.4 is 0 Å². The molecule has 3 aliphatic rings. The normalized spacial score (nSPS) is 29.0. The molecule has 0 radical (unpaired) electrons. The molecule has 0 spiro atoms. The van der Waals surface area contributed by atoms with Gasteiger partial charge in [-0.1, -0.05) is 23.8 Å². The molecule has 0 aromatic heterocycles. The maximum atomic E-state index is 13.4. The van der Waals surface area contributed by atoms with Crippen molar-refractivity contribution in [1.29, 1.82) is 5.53 Å². The third kappa shape index (κ3) is 4.94. The average molecular weight is 420 g/mol. The van der Waals surface area contributed by atoms with Crippen LogP contribution in [0.15, 0.2) is 41.0 Å². The molecule has 2 atom stereocenters. The Hall–Kier alpha value is -1.60. The summed E-state index contributed by atoms with van der Waals surface area (Å²) in [6.07, 6.45) is 7.45. The number of nitrogens with one attached hydrogen (secondary N) is 1. The number of rotatable bonds is 4. The topological polar surface area (TPSA) is 57.9 Å². The smallest absolute Gasteiger partial charge is 0.124 e. The molecule has 3 aliphatic heterocycles. The van der Waals surface area contributed by atoms with Gasteiger partial charge in [0, 0.05) is 44.3 Å². The monoisotopic (exact) mass is 419 g/mol. The molecular formula is C22H27ClFN3O2. The van der Waals surface area contributed by atoms with Gasteiger partial charge in [0.05, 0.1) is 23.4 Å². The van der Waals surface area contributed by atoms with Gasteiger partial charge in [0.1, 0.15) is 5.82 Å². The van der Waals surface area contributed by atoms with E-state index in [2.05, 4.69) is 22.2 Å². The van der Waals surface area contributed by atoms with Gasteiger partial charge in [0.15, 0.2) is 0 Å². The summed E-state index contributed by atoms with van der Waals surface area (Å²) in [6.45, 7) is 5.21. The molecule has 2 fully saturated rings. The molecule has 29 heavy (non-hydrogen) atoms. The van der Waals surface area contributed by atoms with Gasteiger partial charge in [-0.05, 0) is 49.0 Å². The first-order valence-electron chi connectivity index (χ1n) is 10.3. The third-order valence-electron chi connectivity index (χ3n) is 6.09. The van der Waals surface area contributed by atoms with E-state index in [0.717, 1.165) is 51.3 Å². The predicted molar refractivity (Wildman–Crippen MR) is 110 cm³/mol. The van der Waals surface area contributed by atoms with Crippen LogP contribution in [0.5, 0.6) is 0 Å². The summed E-state index contributed by atoms with van der Waals surface area (Å²) in [5.74, 6) is 0.699. The fourth-order valence-electron chi connectivity index (χ4n) is 4.51. The fourth-order valence-corrected chi connectivity index (χ4v) is 4.77. The highest BCUT2D eigenvalue weighted by atomic mass is 35.5. The molecule has 1 aromatic rings. The van der Waals surface area contributed by atoms with Crippen molar-refractivity contribution in [2.45, 2.75) is 25.4 Å². The highest BCUT2D eigenvalue weighted by Crippen LogP contribution is 2.32. The Kier molecular flexibility index (Phi) is 6.75. The van der Waals surface area contributed by atoms with Crippen LogP contribution >= 0.6 is 11.6 Å². The van der Waals surface area contributed by atoms with Gasteiger partial charge in [-0.3, -0.25) is 4.90 Å². The lowest BCUT2D eigenvalue weighted by atomic mass is 9.99. The van der Waals surface area contributed by atoms with E-state index in [0.29, 0.717) is 36.1 Å². The molecule has 4 rings (SSSR count). The lowest BCUT2D eigenvalue weighted by Gasteiger charge is -2.26. The van der Waals surface area contributed by atoms with Crippen LogP contribution in [0.4, 0.5) is 4.39 Å². The van der Waals surface area contributed by atoms with Crippen molar-refractivity contribution >= 4 is 17.3 Å². The Balaban J connectivity index is 1.46. The van der Waals surface area contributed by atoms with Gasteiger partial charge in [-0.2, -0.15) is 5.11 Å². The lowest BCUT2D eigenvalue weighted by Crippen LogP contribution is -2.32. The number of nitrogens with zero attached hydrogens (tertiary/aromatic N) is 2. The summed E-state index contributed by atoms with van der Waals surface area (Å²) in [6, 6.07) is 4.17. The number of benzene rings is 1. The van der Waals surface area contributed by atoms with E-state index in [4.69, 9.17) is 26.6 Å². The van der Waals surface area contributed by atoms with E-state index in [1.165, 1.54) is 12.1 Å². The van der Waals surface area contributed by atoms with Crippen LogP contribution in [0.3, 0.4) is 0 Å². The minimum Gasteiger partial charge on any atom is -0.381 e. The second-order valence-electron chi connectivity index (χ2n) is 8.11. The summed E-state index contributed by atoms with van der Waals surface area (Å²) < 4.78 is 25.1. The molecule has 156 valence electrons. The highest BCUT2D eigenvalue weighted by Gasteiger charge is 2.34. The molecular weight excluding hydrogens is 393 g/mol. The van der Waals surface area contributed by atoms with Crippen LogP contribution in [-0.4, -0.2) is 50.5 Å². The molecule has 3 heterocycles. The molecule has 7 heteroatoms. The van der Waals surface area contributed by atoms with Crippen molar-refractivity contribution < 1.29 is 13.9 Å². The second-order valence-corrected chi connectivity index (χ2v) is 8.52.